The summed E-state index contributed by atoms with van der Waals surface area (Å²) in [5.74, 6) is -1.03. The molecule has 0 aliphatic carbocycles. The Kier molecular flexibility index (Phi) is 3.28. The minimum absolute atomic E-state index is 0.0717. The summed E-state index contributed by atoms with van der Waals surface area (Å²) >= 11 is 0. The lowest BCUT2D eigenvalue weighted by atomic mass is 9.82. The SMILES string of the molecule is CC1C(=O)N(C(C#N)=CN(C)C)C(=O)C1(C)C. The zero-order valence-corrected chi connectivity index (χ0v) is 10.8. The van der Waals surface area contributed by atoms with Gasteiger partial charge in [-0.1, -0.05) is 20.8 Å². The van der Waals surface area contributed by atoms with Crippen LogP contribution in [0.15, 0.2) is 11.9 Å². The van der Waals surface area contributed by atoms with E-state index >= 15 is 0 Å². The van der Waals surface area contributed by atoms with Crippen molar-refractivity contribution in [3.8, 4) is 6.07 Å². The van der Waals surface area contributed by atoms with Gasteiger partial charge < -0.3 is 4.90 Å². The first-order valence-corrected chi connectivity index (χ1v) is 5.40. The summed E-state index contributed by atoms with van der Waals surface area (Å²) in [5, 5.41) is 9.04. The zero-order chi connectivity index (χ0) is 13.4. The molecule has 0 aromatic carbocycles. The summed E-state index contributed by atoms with van der Waals surface area (Å²) in [5.41, 5.74) is -0.679. The maximum absolute atomic E-state index is 12.1. The summed E-state index contributed by atoms with van der Waals surface area (Å²) < 4.78 is 0. The van der Waals surface area contributed by atoms with Gasteiger partial charge in [0, 0.05) is 20.3 Å². The Morgan fingerprint density at radius 1 is 1.47 bits per heavy atom. The number of carbonyl (C=O) groups excluding carboxylic acids is 2. The van der Waals surface area contributed by atoms with Crippen molar-refractivity contribution >= 4 is 11.8 Å². The molecule has 1 unspecified atom stereocenters. The fraction of sp³-hybridized carbons (Fsp3) is 0.583. The van der Waals surface area contributed by atoms with Gasteiger partial charge in [-0.2, -0.15) is 5.26 Å². The molecule has 0 aromatic heterocycles. The van der Waals surface area contributed by atoms with Crippen LogP contribution in [0.1, 0.15) is 20.8 Å². The third-order valence-electron chi connectivity index (χ3n) is 3.16. The molecule has 17 heavy (non-hydrogen) atoms. The van der Waals surface area contributed by atoms with E-state index in [9.17, 15) is 9.59 Å². The van der Waals surface area contributed by atoms with Crippen molar-refractivity contribution in [3.63, 3.8) is 0 Å². The molecular formula is C12H17N3O2. The third kappa shape index (κ3) is 2.03. The molecule has 1 aliphatic heterocycles. The number of hydrogen-bond acceptors (Lipinski definition) is 4. The minimum Gasteiger partial charge on any atom is -0.381 e. The van der Waals surface area contributed by atoms with Crippen LogP contribution in [0.5, 0.6) is 0 Å². The van der Waals surface area contributed by atoms with Crippen LogP contribution in [0.3, 0.4) is 0 Å². The van der Waals surface area contributed by atoms with E-state index in [1.54, 1.807) is 39.8 Å². The van der Waals surface area contributed by atoms with Gasteiger partial charge in [0.1, 0.15) is 11.8 Å². The van der Waals surface area contributed by atoms with Gasteiger partial charge in [-0.05, 0) is 0 Å². The molecule has 0 aromatic rings. The van der Waals surface area contributed by atoms with Gasteiger partial charge in [-0.15, -0.1) is 0 Å². The van der Waals surface area contributed by atoms with E-state index in [-0.39, 0.29) is 17.5 Å². The van der Waals surface area contributed by atoms with Gasteiger partial charge >= 0.3 is 0 Å². The average molecular weight is 235 g/mol. The monoisotopic (exact) mass is 235 g/mol. The van der Waals surface area contributed by atoms with E-state index in [0.717, 1.165) is 4.90 Å². The molecule has 0 saturated carbocycles. The highest BCUT2D eigenvalue weighted by Crippen LogP contribution is 2.38. The van der Waals surface area contributed by atoms with E-state index in [0.29, 0.717) is 0 Å². The Bertz CT molecular complexity index is 430. The van der Waals surface area contributed by atoms with Gasteiger partial charge in [0.25, 0.3) is 0 Å². The molecule has 0 bridgehead atoms. The maximum atomic E-state index is 12.1. The first-order valence-electron chi connectivity index (χ1n) is 5.40. The molecule has 5 heteroatoms. The van der Waals surface area contributed by atoms with Crippen LogP contribution in [-0.4, -0.2) is 35.7 Å². The van der Waals surface area contributed by atoms with Gasteiger partial charge in [0.05, 0.1) is 11.3 Å². The predicted octanol–water partition coefficient (Wildman–Crippen LogP) is 0.944. The summed E-state index contributed by atoms with van der Waals surface area (Å²) in [7, 11) is 3.47. The van der Waals surface area contributed by atoms with E-state index in [4.69, 9.17) is 5.26 Å². The van der Waals surface area contributed by atoms with Crippen molar-refractivity contribution in [1.29, 1.82) is 5.26 Å². The lowest BCUT2D eigenvalue weighted by Gasteiger charge is -2.18. The highest BCUT2D eigenvalue weighted by molar-refractivity contribution is 6.08. The number of rotatable bonds is 2. The van der Waals surface area contributed by atoms with Gasteiger partial charge in [0.2, 0.25) is 11.8 Å². The van der Waals surface area contributed by atoms with Crippen molar-refractivity contribution in [3.05, 3.63) is 11.9 Å². The van der Waals surface area contributed by atoms with Gasteiger partial charge in [0.15, 0.2) is 0 Å². The second-order valence-corrected chi connectivity index (χ2v) is 5.01. The quantitative estimate of drug-likeness (QED) is 0.528. The molecule has 1 atom stereocenters. The van der Waals surface area contributed by atoms with Gasteiger partial charge in [-0.25, -0.2) is 4.90 Å². The van der Waals surface area contributed by atoms with Crippen LogP contribution >= 0.6 is 0 Å². The fourth-order valence-corrected chi connectivity index (χ4v) is 1.69. The number of nitriles is 1. The predicted molar refractivity (Wildman–Crippen MR) is 62.2 cm³/mol. The number of likely N-dealkylation sites (tertiary alicyclic amines) is 1. The van der Waals surface area contributed by atoms with Gasteiger partial charge in [-0.3, -0.25) is 9.59 Å². The molecule has 1 rings (SSSR count). The van der Waals surface area contributed by atoms with E-state index < -0.39 is 11.3 Å². The van der Waals surface area contributed by atoms with E-state index in [2.05, 4.69) is 0 Å². The minimum atomic E-state index is -0.751. The smallest absolute Gasteiger partial charge is 0.240 e. The number of amides is 2. The van der Waals surface area contributed by atoms with Crippen LogP contribution in [0.4, 0.5) is 0 Å². The number of imide groups is 1. The Morgan fingerprint density at radius 3 is 2.29 bits per heavy atom. The Morgan fingerprint density at radius 2 is 2.00 bits per heavy atom. The lowest BCUT2D eigenvalue weighted by molar-refractivity contribution is -0.138. The molecule has 1 heterocycles. The zero-order valence-electron chi connectivity index (χ0n) is 10.8. The number of allylic oxidation sites excluding steroid dienone is 1. The normalized spacial score (nSPS) is 23.9. The molecule has 5 nitrogen and oxygen atoms in total. The third-order valence-corrected chi connectivity index (χ3v) is 3.16. The van der Waals surface area contributed by atoms with Crippen LogP contribution in [0.25, 0.3) is 0 Å². The summed E-state index contributed by atoms with van der Waals surface area (Å²) in [6.07, 6.45) is 1.48. The van der Waals surface area contributed by atoms with E-state index in [1.165, 1.54) is 6.20 Å². The van der Waals surface area contributed by atoms with Crippen LogP contribution in [-0.2, 0) is 9.59 Å². The highest BCUT2D eigenvalue weighted by Gasteiger charge is 2.52. The molecule has 0 spiro atoms. The molecule has 1 saturated heterocycles. The van der Waals surface area contributed by atoms with Crippen molar-refractivity contribution in [2.75, 3.05) is 14.1 Å². The standard InChI is InChI=1S/C12H17N3O2/c1-8-10(16)15(11(17)12(8,2)3)9(6-13)7-14(4)5/h7-8H,1-5H3. The number of hydrogen-bond donors (Lipinski definition) is 0. The lowest BCUT2D eigenvalue weighted by Crippen LogP contribution is -2.32. The molecule has 1 fully saturated rings. The van der Waals surface area contributed by atoms with Crippen molar-refractivity contribution < 1.29 is 9.59 Å². The maximum Gasteiger partial charge on any atom is 0.240 e. The number of nitrogens with zero attached hydrogens (tertiary/aromatic N) is 3. The summed E-state index contributed by atoms with van der Waals surface area (Å²) in [4.78, 5) is 26.8. The second-order valence-electron chi connectivity index (χ2n) is 5.01. The highest BCUT2D eigenvalue weighted by atomic mass is 16.2. The second kappa shape index (κ2) is 4.21. The van der Waals surface area contributed by atoms with Crippen molar-refractivity contribution in [2.45, 2.75) is 20.8 Å². The van der Waals surface area contributed by atoms with Crippen LogP contribution in [0, 0.1) is 22.7 Å². The topological polar surface area (TPSA) is 64.4 Å². The molecule has 0 N–H and O–H groups in total. The first-order chi connectivity index (χ1) is 7.73. The van der Waals surface area contributed by atoms with Crippen molar-refractivity contribution in [1.82, 2.24) is 9.80 Å². The summed E-state index contributed by atoms with van der Waals surface area (Å²) in [6.45, 7) is 5.16. The Labute approximate surface area is 101 Å². The average Bonchev–Trinajstić information content (AvgIpc) is 2.38. The molecule has 92 valence electrons. The molecule has 0 radical (unpaired) electrons. The summed E-state index contributed by atoms with van der Waals surface area (Å²) in [6, 6.07) is 1.90. The van der Waals surface area contributed by atoms with Crippen LogP contribution in [0.2, 0.25) is 0 Å². The molecule has 2 amide bonds. The van der Waals surface area contributed by atoms with Crippen molar-refractivity contribution in [2.24, 2.45) is 11.3 Å². The largest absolute Gasteiger partial charge is 0.381 e. The molecule has 1 aliphatic rings. The molecular weight excluding hydrogens is 218 g/mol. The van der Waals surface area contributed by atoms with E-state index in [1.807, 2.05) is 6.07 Å². The van der Waals surface area contributed by atoms with Crippen LogP contribution < -0.4 is 0 Å². The number of carbonyl (C=O) groups is 2. The fourth-order valence-electron chi connectivity index (χ4n) is 1.69. The Hall–Kier alpha value is -1.83. The Balaban J connectivity index is 3.21. The first kappa shape index (κ1) is 13.2.